The van der Waals surface area contributed by atoms with E-state index in [2.05, 4.69) is 6.92 Å². The fraction of sp³-hybridized carbons (Fsp3) is 1.00. The van der Waals surface area contributed by atoms with Gasteiger partial charge < -0.3 is 10.6 Å². The predicted octanol–water partition coefficient (Wildman–Crippen LogP) is 1.51. The lowest BCUT2D eigenvalue weighted by molar-refractivity contribution is 0.156. The number of hydrogen-bond acceptors (Lipinski definition) is 1. The number of unbranched alkanes of at least 4 members (excludes halogenated alkanes) is 2. The fourth-order valence-corrected chi connectivity index (χ4v) is 0.834. The molecule has 2 nitrogen and oxygen atoms in total. The van der Waals surface area contributed by atoms with Gasteiger partial charge in [0.05, 0.1) is 6.10 Å². The molecule has 0 rings (SSSR count). The van der Waals surface area contributed by atoms with E-state index in [4.69, 9.17) is 5.11 Å². The summed E-state index contributed by atoms with van der Waals surface area (Å²) >= 11 is 0. The SMILES string of the molecule is CCCCCC(O)CC.O. The molecule has 1 atom stereocenters. The van der Waals surface area contributed by atoms with Gasteiger partial charge in [-0.2, -0.15) is 0 Å². The molecule has 3 N–H and O–H groups in total. The quantitative estimate of drug-likeness (QED) is 0.590. The van der Waals surface area contributed by atoms with E-state index in [0.29, 0.717) is 0 Å². The van der Waals surface area contributed by atoms with Crippen LogP contribution < -0.4 is 0 Å². The Hall–Kier alpha value is -0.0800. The van der Waals surface area contributed by atoms with Gasteiger partial charge in [0, 0.05) is 0 Å². The number of rotatable bonds is 5. The molecular weight excluding hydrogens is 128 g/mol. The molecule has 64 valence electrons. The molecule has 0 amide bonds. The molecule has 0 radical (unpaired) electrons. The summed E-state index contributed by atoms with van der Waals surface area (Å²) < 4.78 is 0. The smallest absolute Gasteiger partial charge is 0.0537 e. The van der Waals surface area contributed by atoms with E-state index >= 15 is 0 Å². The molecule has 0 aromatic carbocycles. The van der Waals surface area contributed by atoms with Crippen LogP contribution in [0.4, 0.5) is 0 Å². The fourth-order valence-electron chi connectivity index (χ4n) is 0.834. The van der Waals surface area contributed by atoms with Crippen LogP contribution in [0.2, 0.25) is 0 Å². The third kappa shape index (κ3) is 7.92. The predicted molar refractivity (Wildman–Crippen MR) is 44.1 cm³/mol. The summed E-state index contributed by atoms with van der Waals surface area (Å²) in [7, 11) is 0. The minimum Gasteiger partial charge on any atom is -0.412 e. The second-order valence-corrected chi connectivity index (χ2v) is 2.56. The maximum absolute atomic E-state index is 9.08. The van der Waals surface area contributed by atoms with Crippen molar-refractivity contribution in [3.05, 3.63) is 0 Å². The largest absolute Gasteiger partial charge is 0.412 e. The van der Waals surface area contributed by atoms with Gasteiger partial charge in [-0.25, -0.2) is 0 Å². The van der Waals surface area contributed by atoms with Crippen LogP contribution in [0.25, 0.3) is 0 Å². The standard InChI is InChI=1S/C8H18O.H2O/c1-3-5-6-7-8(9)4-2;/h8-9H,3-7H2,1-2H3;1H2. The van der Waals surface area contributed by atoms with Crippen LogP contribution in [0, 0.1) is 0 Å². The summed E-state index contributed by atoms with van der Waals surface area (Å²) in [6.45, 7) is 4.20. The topological polar surface area (TPSA) is 51.7 Å². The first kappa shape index (κ1) is 12.6. The second kappa shape index (κ2) is 8.92. The Morgan fingerprint density at radius 3 is 2.20 bits per heavy atom. The molecule has 0 aliphatic carbocycles. The van der Waals surface area contributed by atoms with E-state index in [0.717, 1.165) is 12.8 Å². The zero-order chi connectivity index (χ0) is 7.11. The van der Waals surface area contributed by atoms with Gasteiger partial charge in [0.2, 0.25) is 0 Å². The first-order valence-corrected chi connectivity index (χ1v) is 3.99. The highest BCUT2D eigenvalue weighted by Crippen LogP contribution is 2.04. The minimum atomic E-state index is -0.0449. The van der Waals surface area contributed by atoms with Gasteiger partial charge in [-0.1, -0.05) is 33.1 Å². The summed E-state index contributed by atoms with van der Waals surface area (Å²) in [6.07, 6.45) is 5.55. The van der Waals surface area contributed by atoms with Crippen molar-refractivity contribution in [1.29, 1.82) is 0 Å². The van der Waals surface area contributed by atoms with Gasteiger partial charge in [-0.15, -0.1) is 0 Å². The molecule has 10 heavy (non-hydrogen) atoms. The van der Waals surface area contributed by atoms with E-state index in [1.807, 2.05) is 6.92 Å². The van der Waals surface area contributed by atoms with Crippen molar-refractivity contribution in [2.24, 2.45) is 0 Å². The highest BCUT2D eigenvalue weighted by atomic mass is 16.3. The lowest BCUT2D eigenvalue weighted by Crippen LogP contribution is -2.02. The van der Waals surface area contributed by atoms with Crippen molar-refractivity contribution in [2.75, 3.05) is 0 Å². The Labute approximate surface area is 63.6 Å². The molecule has 0 heterocycles. The van der Waals surface area contributed by atoms with Crippen molar-refractivity contribution in [3.8, 4) is 0 Å². The zero-order valence-electron chi connectivity index (χ0n) is 7.06. The minimum absolute atomic E-state index is 0. The monoisotopic (exact) mass is 148 g/mol. The Morgan fingerprint density at radius 2 is 1.80 bits per heavy atom. The maximum atomic E-state index is 9.08. The number of aliphatic hydroxyl groups excluding tert-OH is 1. The summed E-state index contributed by atoms with van der Waals surface area (Å²) in [5.74, 6) is 0. The summed E-state index contributed by atoms with van der Waals surface area (Å²) in [5.41, 5.74) is 0. The van der Waals surface area contributed by atoms with E-state index in [1.54, 1.807) is 0 Å². The average Bonchev–Trinajstić information content (AvgIpc) is 1.89. The van der Waals surface area contributed by atoms with Crippen LogP contribution in [0.1, 0.15) is 46.0 Å². The summed E-state index contributed by atoms with van der Waals surface area (Å²) in [4.78, 5) is 0. The van der Waals surface area contributed by atoms with Gasteiger partial charge in [0.1, 0.15) is 0 Å². The Balaban J connectivity index is 0. The van der Waals surface area contributed by atoms with E-state index < -0.39 is 0 Å². The van der Waals surface area contributed by atoms with Gasteiger partial charge in [0.15, 0.2) is 0 Å². The molecule has 0 aliphatic heterocycles. The van der Waals surface area contributed by atoms with Crippen molar-refractivity contribution < 1.29 is 10.6 Å². The van der Waals surface area contributed by atoms with Crippen LogP contribution >= 0.6 is 0 Å². The Kier molecular flexibility index (Phi) is 11.2. The van der Waals surface area contributed by atoms with Crippen molar-refractivity contribution >= 4 is 0 Å². The molecule has 0 saturated carbocycles. The van der Waals surface area contributed by atoms with Crippen molar-refractivity contribution in [1.82, 2.24) is 0 Å². The van der Waals surface area contributed by atoms with E-state index in [1.165, 1.54) is 19.3 Å². The van der Waals surface area contributed by atoms with Gasteiger partial charge in [-0.05, 0) is 12.8 Å². The number of hydrogen-bond donors (Lipinski definition) is 1. The van der Waals surface area contributed by atoms with Crippen molar-refractivity contribution in [3.63, 3.8) is 0 Å². The second-order valence-electron chi connectivity index (χ2n) is 2.56. The van der Waals surface area contributed by atoms with Crippen LogP contribution in [-0.2, 0) is 0 Å². The first-order chi connectivity index (χ1) is 4.31. The Morgan fingerprint density at radius 1 is 1.20 bits per heavy atom. The van der Waals surface area contributed by atoms with E-state index in [9.17, 15) is 0 Å². The molecule has 0 fully saturated rings. The van der Waals surface area contributed by atoms with Gasteiger partial charge in [-0.3, -0.25) is 0 Å². The molecule has 0 bridgehead atoms. The zero-order valence-corrected chi connectivity index (χ0v) is 7.06. The molecular formula is C8H20O2. The molecule has 2 heteroatoms. The molecule has 0 aromatic heterocycles. The third-order valence-electron chi connectivity index (χ3n) is 1.61. The lowest BCUT2D eigenvalue weighted by atomic mass is 10.1. The molecule has 0 aliphatic rings. The van der Waals surface area contributed by atoms with Crippen LogP contribution in [-0.4, -0.2) is 16.7 Å². The third-order valence-corrected chi connectivity index (χ3v) is 1.61. The van der Waals surface area contributed by atoms with E-state index in [-0.39, 0.29) is 11.6 Å². The molecule has 0 aromatic rings. The Bertz CT molecular complexity index is 55.2. The molecule has 0 spiro atoms. The highest BCUT2D eigenvalue weighted by Gasteiger charge is 1.97. The van der Waals surface area contributed by atoms with Gasteiger partial charge in [0.25, 0.3) is 0 Å². The molecule has 0 saturated heterocycles. The lowest BCUT2D eigenvalue weighted by Gasteiger charge is -2.04. The van der Waals surface area contributed by atoms with Gasteiger partial charge >= 0.3 is 0 Å². The average molecular weight is 148 g/mol. The van der Waals surface area contributed by atoms with Crippen molar-refractivity contribution in [2.45, 2.75) is 52.1 Å². The number of aliphatic hydroxyl groups is 1. The summed E-state index contributed by atoms with van der Waals surface area (Å²) in [5, 5.41) is 9.08. The molecule has 1 unspecified atom stereocenters. The highest BCUT2D eigenvalue weighted by molar-refractivity contribution is 4.51. The normalized spacial score (nSPS) is 12.3. The summed E-state index contributed by atoms with van der Waals surface area (Å²) in [6, 6.07) is 0. The van der Waals surface area contributed by atoms with Crippen LogP contribution in [0.5, 0.6) is 0 Å². The van der Waals surface area contributed by atoms with Crippen LogP contribution in [0.3, 0.4) is 0 Å². The maximum Gasteiger partial charge on any atom is 0.0537 e. The van der Waals surface area contributed by atoms with Crippen LogP contribution in [0.15, 0.2) is 0 Å². The first-order valence-electron chi connectivity index (χ1n) is 3.99.